The molecule has 1 atom stereocenters. The van der Waals surface area contributed by atoms with Crippen molar-refractivity contribution < 1.29 is 19.1 Å². The number of hydrogen-bond donors (Lipinski definition) is 0. The van der Waals surface area contributed by atoms with Gasteiger partial charge < -0.3 is 9.47 Å². The molecule has 0 aromatic heterocycles. The van der Waals surface area contributed by atoms with Gasteiger partial charge in [0.15, 0.2) is 0 Å². The van der Waals surface area contributed by atoms with Crippen molar-refractivity contribution in [1.82, 2.24) is 0 Å². The molecule has 1 aliphatic rings. The van der Waals surface area contributed by atoms with E-state index in [9.17, 15) is 9.59 Å². The van der Waals surface area contributed by atoms with Crippen LogP contribution < -0.4 is 0 Å². The van der Waals surface area contributed by atoms with Crippen molar-refractivity contribution in [1.29, 1.82) is 0 Å². The highest BCUT2D eigenvalue weighted by Crippen LogP contribution is 2.17. The zero-order valence-corrected chi connectivity index (χ0v) is 11.9. The predicted octanol–water partition coefficient (Wildman–Crippen LogP) is 2.87. The average molecular weight is 268 g/mol. The van der Waals surface area contributed by atoms with Crippen LogP contribution in [-0.4, -0.2) is 25.2 Å². The van der Waals surface area contributed by atoms with Gasteiger partial charge in [-0.2, -0.15) is 0 Å². The van der Waals surface area contributed by atoms with Crippen LogP contribution in [-0.2, 0) is 19.1 Å². The molecule has 0 heterocycles. The Balaban J connectivity index is 2.08. The SMILES string of the molecule is CC(C)COC(=O)CCC(=O)OCC1C=CCCC1. The van der Waals surface area contributed by atoms with E-state index in [4.69, 9.17) is 9.47 Å². The maximum absolute atomic E-state index is 11.5. The van der Waals surface area contributed by atoms with Gasteiger partial charge in [0.05, 0.1) is 26.1 Å². The van der Waals surface area contributed by atoms with Crippen molar-refractivity contribution in [2.24, 2.45) is 11.8 Å². The molecular formula is C15H24O4. The maximum Gasteiger partial charge on any atom is 0.306 e. The fraction of sp³-hybridized carbons (Fsp3) is 0.733. The number of rotatable bonds is 7. The molecular weight excluding hydrogens is 244 g/mol. The second-order valence-corrected chi connectivity index (χ2v) is 5.38. The molecule has 4 heteroatoms. The fourth-order valence-corrected chi connectivity index (χ4v) is 1.83. The largest absolute Gasteiger partial charge is 0.465 e. The topological polar surface area (TPSA) is 52.6 Å². The van der Waals surface area contributed by atoms with Crippen LogP contribution in [0.25, 0.3) is 0 Å². The van der Waals surface area contributed by atoms with Gasteiger partial charge in [0.25, 0.3) is 0 Å². The Morgan fingerprint density at radius 3 is 2.47 bits per heavy atom. The van der Waals surface area contributed by atoms with E-state index in [0.29, 0.717) is 25.0 Å². The lowest BCUT2D eigenvalue weighted by molar-refractivity contribution is -0.151. The predicted molar refractivity (Wildman–Crippen MR) is 72.5 cm³/mol. The van der Waals surface area contributed by atoms with Gasteiger partial charge in [-0.3, -0.25) is 9.59 Å². The summed E-state index contributed by atoms with van der Waals surface area (Å²) in [6, 6.07) is 0. The third-order valence-corrected chi connectivity index (χ3v) is 2.92. The molecule has 1 unspecified atom stereocenters. The quantitative estimate of drug-likeness (QED) is 0.526. The molecule has 0 aromatic carbocycles. The third-order valence-electron chi connectivity index (χ3n) is 2.92. The van der Waals surface area contributed by atoms with Gasteiger partial charge in [0, 0.05) is 5.92 Å². The molecule has 1 rings (SSSR count). The van der Waals surface area contributed by atoms with E-state index in [1.54, 1.807) is 0 Å². The molecule has 0 aromatic rings. The van der Waals surface area contributed by atoms with Crippen LogP contribution >= 0.6 is 0 Å². The smallest absolute Gasteiger partial charge is 0.306 e. The number of carbonyl (C=O) groups excluding carboxylic acids is 2. The molecule has 19 heavy (non-hydrogen) atoms. The first-order chi connectivity index (χ1) is 9.08. The van der Waals surface area contributed by atoms with Crippen molar-refractivity contribution >= 4 is 11.9 Å². The van der Waals surface area contributed by atoms with Gasteiger partial charge in [-0.05, 0) is 25.2 Å². The lowest BCUT2D eigenvalue weighted by atomic mass is 9.97. The molecule has 0 saturated carbocycles. The molecule has 0 saturated heterocycles. The van der Waals surface area contributed by atoms with Crippen LogP contribution in [0.2, 0.25) is 0 Å². The zero-order chi connectivity index (χ0) is 14.1. The van der Waals surface area contributed by atoms with Crippen molar-refractivity contribution in [3.8, 4) is 0 Å². The van der Waals surface area contributed by atoms with Crippen molar-refractivity contribution in [3.05, 3.63) is 12.2 Å². The standard InChI is InChI=1S/C15H24O4/c1-12(2)10-18-14(16)8-9-15(17)19-11-13-6-4-3-5-7-13/h4,6,12-13H,3,5,7-11H2,1-2H3. The Hall–Kier alpha value is -1.32. The van der Waals surface area contributed by atoms with Crippen LogP contribution in [0.3, 0.4) is 0 Å². The number of allylic oxidation sites excluding steroid dienone is 1. The Morgan fingerprint density at radius 2 is 1.89 bits per heavy atom. The first kappa shape index (κ1) is 15.7. The van der Waals surface area contributed by atoms with Crippen LogP contribution in [0.15, 0.2) is 12.2 Å². The summed E-state index contributed by atoms with van der Waals surface area (Å²) >= 11 is 0. The highest BCUT2D eigenvalue weighted by molar-refractivity contribution is 5.77. The van der Waals surface area contributed by atoms with Crippen LogP contribution in [0.4, 0.5) is 0 Å². The number of carbonyl (C=O) groups is 2. The van der Waals surface area contributed by atoms with Gasteiger partial charge in [0.1, 0.15) is 0 Å². The fourth-order valence-electron chi connectivity index (χ4n) is 1.83. The van der Waals surface area contributed by atoms with E-state index in [2.05, 4.69) is 12.2 Å². The normalized spacial score (nSPS) is 18.4. The summed E-state index contributed by atoms with van der Waals surface area (Å²) in [4.78, 5) is 22.8. The molecule has 1 aliphatic carbocycles. The first-order valence-corrected chi connectivity index (χ1v) is 7.06. The summed E-state index contributed by atoms with van der Waals surface area (Å²) < 4.78 is 10.1. The van der Waals surface area contributed by atoms with Crippen molar-refractivity contribution in [2.75, 3.05) is 13.2 Å². The van der Waals surface area contributed by atoms with Crippen LogP contribution in [0.1, 0.15) is 46.0 Å². The van der Waals surface area contributed by atoms with Crippen LogP contribution in [0.5, 0.6) is 0 Å². The minimum absolute atomic E-state index is 0.103. The van der Waals surface area contributed by atoms with Crippen LogP contribution in [0, 0.1) is 11.8 Å². The lowest BCUT2D eigenvalue weighted by Gasteiger charge is -2.16. The summed E-state index contributed by atoms with van der Waals surface area (Å²) in [6.45, 7) is 4.77. The number of esters is 2. The minimum atomic E-state index is -0.330. The first-order valence-electron chi connectivity index (χ1n) is 7.06. The van der Waals surface area contributed by atoms with Gasteiger partial charge in [-0.15, -0.1) is 0 Å². The highest BCUT2D eigenvalue weighted by atomic mass is 16.5. The summed E-state index contributed by atoms with van der Waals surface area (Å²) in [7, 11) is 0. The number of hydrogen-bond acceptors (Lipinski definition) is 4. The second-order valence-electron chi connectivity index (χ2n) is 5.38. The van der Waals surface area contributed by atoms with E-state index < -0.39 is 0 Å². The molecule has 0 aliphatic heterocycles. The maximum atomic E-state index is 11.5. The van der Waals surface area contributed by atoms with E-state index in [0.717, 1.165) is 19.3 Å². The molecule has 0 amide bonds. The molecule has 4 nitrogen and oxygen atoms in total. The summed E-state index contributed by atoms with van der Waals surface area (Å²) in [5.41, 5.74) is 0. The van der Waals surface area contributed by atoms with Gasteiger partial charge in [0.2, 0.25) is 0 Å². The van der Waals surface area contributed by atoms with Gasteiger partial charge in [-0.1, -0.05) is 26.0 Å². The summed E-state index contributed by atoms with van der Waals surface area (Å²) in [5, 5.41) is 0. The third kappa shape index (κ3) is 7.65. The van der Waals surface area contributed by atoms with Crippen molar-refractivity contribution in [2.45, 2.75) is 46.0 Å². The Bertz CT molecular complexity index is 320. The Labute approximate surface area is 115 Å². The van der Waals surface area contributed by atoms with E-state index in [1.807, 2.05) is 13.8 Å². The second kappa shape index (κ2) is 8.73. The summed E-state index contributed by atoms with van der Waals surface area (Å²) in [5.74, 6) is 0.00302. The monoisotopic (exact) mass is 268 g/mol. The minimum Gasteiger partial charge on any atom is -0.465 e. The molecule has 0 radical (unpaired) electrons. The molecule has 0 N–H and O–H groups in total. The van der Waals surface area contributed by atoms with Gasteiger partial charge >= 0.3 is 11.9 Å². The molecule has 0 fully saturated rings. The molecule has 108 valence electrons. The van der Waals surface area contributed by atoms with E-state index >= 15 is 0 Å². The van der Waals surface area contributed by atoms with Gasteiger partial charge in [-0.25, -0.2) is 0 Å². The highest BCUT2D eigenvalue weighted by Gasteiger charge is 2.13. The molecule has 0 bridgehead atoms. The van der Waals surface area contributed by atoms with E-state index in [1.165, 1.54) is 0 Å². The van der Waals surface area contributed by atoms with E-state index in [-0.39, 0.29) is 24.8 Å². The Kier molecular flexibility index (Phi) is 7.23. The average Bonchev–Trinajstić information content (AvgIpc) is 2.41. The molecule has 0 spiro atoms. The van der Waals surface area contributed by atoms with Crippen molar-refractivity contribution in [3.63, 3.8) is 0 Å². The lowest BCUT2D eigenvalue weighted by Crippen LogP contribution is -2.16. The number of ether oxygens (including phenoxy) is 2. The summed E-state index contributed by atoms with van der Waals surface area (Å²) in [6.07, 6.45) is 7.78. The Morgan fingerprint density at radius 1 is 1.21 bits per heavy atom. The zero-order valence-electron chi connectivity index (χ0n) is 11.9.